The molecule has 0 aliphatic carbocycles. The van der Waals surface area contributed by atoms with E-state index in [-0.39, 0.29) is 22.6 Å². The number of aromatic carboxylic acids is 1. The van der Waals surface area contributed by atoms with Gasteiger partial charge in [-0.25, -0.2) is 13.6 Å². The van der Waals surface area contributed by atoms with Gasteiger partial charge < -0.3 is 9.63 Å². The molecule has 0 unspecified atom stereocenters. The van der Waals surface area contributed by atoms with Gasteiger partial charge in [-0.1, -0.05) is 29.4 Å². The molecule has 0 saturated carbocycles. The number of alkyl halides is 2. The molecule has 0 spiro atoms. The molecular formula is C12H9F2NO3. The zero-order chi connectivity index (χ0) is 13.3. The van der Waals surface area contributed by atoms with Gasteiger partial charge in [-0.3, -0.25) is 0 Å². The van der Waals surface area contributed by atoms with Crippen molar-refractivity contribution in [3.63, 3.8) is 0 Å². The summed E-state index contributed by atoms with van der Waals surface area (Å²) in [4.78, 5) is 10.6. The predicted octanol–water partition coefficient (Wildman–Crippen LogP) is 3.15. The van der Waals surface area contributed by atoms with Crippen molar-refractivity contribution < 1.29 is 23.2 Å². The number of rotatable bonds is 3. The summed E-state index contributed by atoms with van der Waals surface area (Å²) in [5, 5.41) is 12.2. The number of hydrogen-bond acceptors (Lipinski definition) is 3. The summed E-state index contributed by atoms with van der Waals surface area (Å²) in [6.07, 6.45) is 0. The first-order valence-electron chi connectivity index (χ1n) is 5.07. The average molecular weight is 253 g/mol. The number of aromatic nitrogens is 1. The molecule has 0 radical (unpaired) electrons. The highest BCUT2D eigenvalue weighted by atomic mass is 19.3. The zero-order valence-electron chi connectivity index (χ0n) is 9.35. The lowest BCUT2D eigenvalue weighted by Gasteiger charge is -2.13. The van der Waals surface area contributed by atoms with Gasteiger partial charge in [0.2, 0.25) is 5.76 Å². The summed E-state index contributed by atoms with van der Waals surface area (Å²) >= 11 is 0. The van der Waals surface area contributed by atoms with Crippen molar-refractivity contribution >= 4 is 5.97 Å². The highest BCUT2D eigenvalue weighted by Gasteiger charge is 2.28. The Balaban J connectivity index is 2.53. The van der Waals surface area contributed by atoms with Gasteiger partial charge in [0.15, 0.2) is 0 Å². The summed E-state index contributed by atoms with van der Waals surface area (Å²) < 4.78 is 31.3. The number of nitrogens with zero attached hydrogens (tertiary/aromatic N) is 1. The Morgan fingerprint density at radius 3 is 2.61 bits per heavy atom. The molecule has 94 valence electrons. The molecule has 1 aromatic carbocycles. The molecule has 0 bridgehead atoms. The van der Waals surface area contributed by atoms with E-state index < -0.39 is 11.9 Å². The standard InChI is InChI=1S/C12H9F2NO3/c1-12(13,14)8-5-3-2-4-7(8)9-6-10(11(16)17)18-15-9/h2-6H,1H3,(H,16,17). The minimum atomic E-state index is -3.04. The first-order valence-corrected chi connectivity index (χ1v) is 5.07. The van der Waals surface area contributed by atoms with Crippen LogP contribution in [0.15, 0.2) is 34.9 Å². The van der Waals surface area contributed by atoms with E-state index in [4.69, 9.17) is 5.11 Å². The minimum absolute atomic E-state index is 0.0736. The number of benzene rings is 1. The molecule has 1 N–H and O–H groups in total. The Hall–Kier alpha value is -2.24. The third kappa shape index (κ3) is 2.22. The van der Waals surface area contributed by atoms with E-state index in [2.05, 4.69) is 9.68 Å². The van der Waals surface area contributed by atoms with Gasteiger partial charge in [0.1, 0.15) is 5.69 Å². The maximum atomic E-state index is 13.4. The summed E-state index contributed by atoms with van der Waals surface area (Å²) in [6.45, 7) is 0.768. The van der Waals surface area contributed by atoms with Crippen LogP contribution in [0.4, 0.5) is 8.78 Å². The Bertz CT molecular complexity index is 587. The van der Waals surface area contributed by atoms with Gasteiger partial charge in [-0.2, -0.15) is 0 Å². The van der Waals surface area contributed by atoms with Gasteiger partial charge in [-0.05, 0) is 0 Å². The molecular weight excluding hydrogens is 244 g/mol. The average Bonchev–Trinajstić information content (AvgIpc) is 2.77. The Labute approximate surface area is 101 Å². The third-order valence-electron chi connectivity index (χ3n) is 2.40. The van der Waals surface area contributed by atoms with Crippen molar-refractivity contribution in [2.24, 2.45) is 0 Å². The Morgan fingerprint density at radius 2 is 2.06 bits per heavy atom. The van der Waals surface area contributed by atoms with Gasteiger partial charge in [0, 0.05) is 24.1 Å². The first-order chi connectivity index (χ1) is 8.39. The molecule has 0 saturated heterocycles. The van der Waals surface area contributed by atoms with Crippen LogP contribution in [0, 0.1) is 0 Å². The first kappa shape index (κ1) is 12.2. The van der Waals surface area contributed by atoms with Crippen molar-refractivity contribution in [1.29, 1.82) is 0 Å². The van der Waals surface area contributed by atoms with Crippen LogP contribution in [-0.2, 0) is 5.92 Å². The summed E-state index contributed by atoms with van der Waals surface area (Å²) in [5.74, 6) is -4.73. The van der Waals surface area contributed by atoms with Crippen LogP contribution >= 0.6 is 0 Å². The molecule has 0 aliphatic heterocycles. The molecule has 18 heavy (non-hydrogen) atoms. The fraction of sp³-hybridized carbons (Fsp3) is 0.167. The van der Waals surface area contributed by atoms with Crippen LogP contribution in [0.3, 0.4) is 0 Å². The fourth-order valence-corrected chi connectivity index (χ4v) is 1.59. The second-order valence-corrected chi connectivity index (χ2v) is 3.82. The monoisotopic (exact) mass is 253 g/mol. The maximum Gasteiger partial charge on any atom is 0.374 e. The molecule has 6 heteroatoms. The summed E-state index contributed by atoms with van der Waals surface area (Å²) in [5.41, 5.74) is 0.000939. The predicted molar refractivity (Wildman–Crippen MR) is 58.5 cm³/mol. The van der Waals surface area contributed by atoms with Crippen LogP contribution in [0.1, 0.15) is 23.0 Å². The minimum Gasteiger partial charge on any atom is -0.475 e. The maximum absolute atomic E-state index is 13.4. The molecule has 1 heterocycles. The molecule has 0 amide bonds. The van der Waals surface area contributed by atoms with Crippen LogP contribution < -0.4 is 0 Å². The van der Waals surface area contributed by atoms with Crippen molar-refractivity contribution in [2.45, 2.75) is 12.8 Å². The highest BCUT2D eigenvalue weighted by molar-refractivity contribution is 5.85. The molecule has 0 atom stereocenters. The van der Waals surface area contributed by atoms with Crippen LogP contribution in [0.5, 0.6) is 0 Å². The van der Waals surface area contributed by atoms with Gasteiger partial charge in [-0.15, -0.1) is 0 Å². The van der Waals surface area contributed by atoms with Crippen molar-refractivity contribution in [3.8, 4) is 11.3 Å². The molecule has 0 fully saturated rings. The molecule has 1 aromatic heterocycles. The van der Waals surface area contributed by atoms with Crippen LogP contribution in [0.2, 0.25) is 0 Å². The number of halogens is 2. The molecule has 2 rings (SSSR count). The quantitative estimate of drug-likeness (QED) is 0.912. The zero-order valence-corrected chi connectivity index (χ0v) is 9.35. The van der Waals surface area contributed by atoms with E-state index in [9.17, 15) is 13.6 Å². The molecule has 0 aliphatic rings. The second-order valence-electron chi connectivity index (χ2n) is 3.82. The van der Waals surface area contributed by atoms with Crippen LogP contribution in [0.25, 0.3) is 11.3 Å². The Kier molecular flexibility index (Phi) is 2.86. The lowest BCUT2D eigenvalue weighted by molar-refractivity contribution is 0.0180. The molecule has 4 nitrogen and oxygen atoms in total. The Morgan fingerprint density at radius 1 is 1.39 bits per heavy atom. The summed E-state index contributed by atoms with van der Waals surface area (Å²) in [7, 11) is 0. The van der Waals surface area contributed by atoms with Gasteiger partial charge in [0.05, 0.1) is 0 Å². The van der Waals surface area contributed by atoms with Gasteiger partial charge >= 0.3 is 5.97 Å². The lowest BCUT2D eigenvalue weighted by atomic mass is 10.00. The van der Waals surface area contributed by atoms with Crippen molar-refractivity contribution in [2.75, 3.05) is 0 Å². The van der Waals surface area contributed by atoms with E-state index in [1.807, 2.05) is 0 Å². The van der Waals surface area contributed by atoms with Gasteiger partial charge in [0.25, 0.3) is 5.92 Å². The smallest absolute Gasteiger partial charge is 0.374 e. The van der Waals surface area contributed by atoms with E-state index in [1.54, 1.807) is 6.07 Å². The number of carboxylic acids is 1. The number of carboxylic acid groups (broad SMARTS) is 1. The van der Waals surface area contributed by atoms with E-state index in [1.165, 1.54) is 18.2 Å². The van der Waals surface area contributed by atoms with Crippen LogP contribution in [-0.4, -0.2) is 16.2 Å². The highest BCUT2D eigenvalue weighted by Crippen LogP contribution is 2.35. The number of carbonyl (C=O) groups is 1. The van der Waals surface area contributed by atoms with E-state index in [0.29, 0.717) is 0 Å². The summed E-state index contributed by atoms with van der Waals surface area (Å²) in [6, 6.07) is 6.88. The largest absolute Gasteiger partial charge is 0.475 e. The van der Waals surface area contributed by atoms with Crippen molar-refractivity contribution in [1.82, 2.24) is 5.16 Å². The van der Waals surface area contributed by atoms with E-state index >= 15 is 0 Å². The fourth-order valence-electron chi connectivity index (χ4n) is 1.59. The normalized spacial score (nSPS) is 11.5. The second kappa shape index (κ2) is 4.21. The van der Waals surface area contributed by atoms with Crippen molar-refractivity contribution in [3.05, 3.63) is 41.7 Å². The topological polar surface area (TPSA) is 63.3 Å². The third-order valence-corrected chi connectivity index (χ3v) is 2.40. The number of hydrogen-bond donors (Lipinski definition) is 1. The lowest BCUT2D eigenvalue weighted by Crippen LogP contribution is -2.08. The molecule has 2 aromatic rings. The van der Waals surface area contributed by atoms with E-state index in [0.717, 1.165) is 13.0 Å². The SMILES string of the molecule is CC(F)(F)c1ccccc1-c1cc(C(=O)O)on1.